The van der Waals surface area contributed by atoms with Gasteiger partial charge in [-0.1, -0.05) is 343 Å². The molecule has 0 aromatic rings. The molecule has 0 fully saturated rings. The van der Waals surface area contributed by atoms with Gasteiger partial charge in [0, 0.05) is 25.7 Å². The summed E-state index contributed by atoms with van der Waals surface area (Å²) < 4.78 is 69.0. The SMILES string of the molecule is CCCCC/C=C\C/C=C\C/C=C\CCCCCCCCC(=O)OCC(COP(=O)(O)OCC(O)COP(=O)(O)OCC(COC(=O)CCCCCCCC/C=C\C/C=C\C/C=C\CCCCC)OC(=O)CCCCCCCCCCCCCCCCC)OC(=O)CCCCCCCC/C=C\C/C=C\C/C=C\CCCCC. The summed E-state index contributed by atoms with van der Waals surface area (Å²) in [7, 11) is -9.98. The fourth-order valence-corrected chi connectivity index (χ4v) is 13.9. The molecule has 0 aliphatic rings. The molecule has 0 rings (SSSR count). The van der Waals surface area contributed by atoms with E-state index in [4.69, 9.17) is 37.0 Å². The fraction of sp³-hybridized carbons (Fsp3) is 0.763. The number of hydrogen-bond donors (Lipinski definition) is 3. The van der Waals surface area contributed by atoms with E-state index >= 15 is 0 Å². The summed E-state index contributed by atoms with van der Waals surface area (Å²) in [6.07, 6.45) is 94.5. The summed E-state index contributed by atoms with van der Waals surface area (Å²) >= 11 is 0. The van der Waals surface area contributed by atoms with Gasteiger partial charge in [0.25, 0.3) is 0 Å². The quantitative estimate of drug-likeness (QED) is 0.0169. The Labute approximate surface area is 683 Å². The highest BCUT2D eigenvalue weighted by atomic mass is 31.2. The number of ether oxygens (including phenoxy) is 4. The van der Waals surface area contributed by atoms with Gasteiger partial charge in [-0.3, -0.25) is 37.3 Å². The molecule has 0 aromatic heterocycles. The molecule has 5 unspecified atom stereocenters. The maximum atomic E-state index is 13.2. The molecule has 0 radical (unpaired) electrons. The van der Waals surface area contributed by atoms with Crippen LogP contribution in [0.5, 0.6) is 0 Å². The van der Waals surface area contributed by atoms with Crippen LogP contribution in [0, 0.1) is 0 Å². The minimum Gasteiger partial charge on any atom is -0.462 e. The molecule has 0 saturated carbocycles. The largest absolute Gasteiger partial charge is 0.472 e. The molecular weight excluding hydrogens is 1450 g/mol. The van der Waals surface area contributed by atoms with Crippen LogP contribution in [-0.2, 0) is 65.4 Å². The summed E-state index contributed by atoms with van der Waals surface area (Å²) in [5.74, 6) is -2.19. The van der Waals surface area contributed by atoms with Gasteiger partial charge in [-0.05, 0) is 141 Å². The molecule has 648 valence electrons. The van der Waals surface area contributed by atoms with E-state index in [1.807, 2.05) is 0 Å². The second-order valence-corrected chi connectivity index (χ2v) is 33.1. The first kappa shape index (κ1) is 108. The van der Waals surface area contributed by atoms with Gasteiger partial charge in [0.2, 0.25) is 0 Å². The Morgan fingerprint density at radius 2 is 0.438 bits per heavy atom. The second-order valence-electron chi connectivity index (χ2n) is 30.2. The van der Waals surface area contributed by atoms with Gasteiger partial charge in [-0.25, -0.2) is 9.13 Å². The summed E-state index contributed by atoms with van der Waals surface area (Å²) in [4.78, 5) is 73.4. The minimum atomic E-state index is -4.99. The highest BCUT2D eigenvalue weighted by molar-refractivity contribution is 7.47. The third-order valence-corrected chi connectivity index (χ3v) is 21.1. The Hall–Kier alpha value is -4.28. The van der Waals surface area contributed by atoms with Crippen molar-refractivity contribution in [1.82, 2.24) is 0 Å². The third kappa shape index (κ3) is 83.7. The Morgan fingerprint density at radius 3 is 0.688 bits per heavy atom. The number of esters is 4. The van der Waals surface area contributed by atoms with Crippen LogP contribution in [-0.4, -0.2) is 96.7 Å². The summed E-state index contributed by atoms with van der Waals surface area (Å²) in [6, 6.07) is 0. The van der Waals surface area contributed by atoms with E-state index in [2.05, 4.69) is 137 Å². The van der Waals surface area contributed by atoms with Crippen LogP contribution < -0.4 is 0 Å². The van der Waals surface area contributed by atoms with E-state index in [9.17, 15) is 43.2 Å². The Kier molecular flexibility index (Phi) is 81.4. The molecule has 112 heavy (non-hydrogen) atoms. The predicted molar refractivity (Wildman–Crippen MR) is 464 cm³/mol. The number of aliphatic hydroxyl groups excluding tert-OH is 1. The van der Waals surface area contributed by atoms with Crippen molar-refractivity contribution >= 4 is 39.5 Å². The van der Waals surface area contributed by atoms with Crippen molar-refractivity contribution in [3.8, 4) is 0 Å². The number of carbonyl (C=O) groups is 4. The molecule has 0 heterocycles. The monoisotopic (exact) mass is 1620 g/mol. The van der Waals surface area contributed by atoms with Gasteiger partial charge in [-0.15, -0.1) is 0 Å². The van der Waals surface area contributed by atoms with Crippen molar-refractivity contribution in [2.75, 3.05) is 39.6 Å². The molecule has 19 heteroatoms. The van der Waals surface area contributed by atoms with Crippen LogP contribution in [0.3, 0.4) is 0 Å². The standard InChI is InChI=1S/C93H164O17P2/c1-5-9-13-17-21-25-29-33-37-40-43-46-50-53-57-61-65-69-73-77-90(95)103-83-88(109-92(97)79-75-71-67-63-59-55-49-36-32-28-24-20-16-12-8-4)85-107-111(99,100)105-81-87(94)82-106-112(101,102)108-86-89(110-93(98)80-76-72-68-64-60-56-52-48-45-42-39-35-31-27-23-19-15-11-7-3)84-104-91(96)78-74-70-66-62-58-54-51-47-44-41-38-34-30-26-22-18-14-10-6-2/h21-23,25-27,33-35,37-39,43-48,87-89,94H,5-20,24,28-32,36,40-42,49-86H2,1-4H3,(H,99,100)(H,101,102)/b25-21-,26-22-,27-23-,37-33-,38-34-,39-35-,46-43-,47-44-,48-45-. The van der Waals surface area contributed by atoms with Crippen LogP contribution in [0.25, 0.3) is 0 Å². The Morgan fingerprint density at radius 1 is 0.250 bits per heavy atom. The lowest BCUT2D eigenvalue weighted by Crippen LogP contribution is -2.30. The predicted octanol–water partition coefficient (Wildman–Crippen LogP) is 27.2. The minimum absolute atomic E-state index is 0.0771. The normalized spacial score (nSPS) is 14.2. The summed E-state index contributed by atoms with van der Waals surface area (Å²) in [6.45, 7) is 4.84. The third-order valence-electron chi connectivity index (χ3n) is 19.2. The number of rotatable bonds is 85. The first-order chi connectivity index (χ1) is 54.7. The van der Waals surface area contributed by atoms with Gasteiger partial charge in [-0.2, -0.15) is 0 Å². The zero-order valence-corrected chi connectivity index (χ0v) is 73.1. The number of carbonyl (C=O) groups excluding carboxylic acids is 4. The van der Waals surface area contributed by atoms with Crippen molar-refractivity contribution in [2.45, 2.75) is 418 Å². The van der Waals surface area contributed by atoms with Crippen molar-refractivity contribution in [3.63, 3.8) is 0 Å². The number of phosphoric acid groups is 2. The Bertz CT molecular complexity index is 2540. The van der Waals surface area contributed by atoms with Crippen LogP contribution in [0.4, 0.5) is 0 Å². The molecule has 0 aliphatic carbocycles. The molecule has 0 spiro atoms. The van der Waals surface area contributed by atoms with Crippen molar-refractivity contribution < 1.29 is 80.2 Å². The van der Waals surface area contributed by atoms with Gasteiger partial charge in [0.1, 0.15) is 19.3 Å². The van der Waals surface area contributed by atoms with E-state index in [0.717, 1.165) is 199 Å². The van der Waals surface area contributed by atoms with Crippen molar-refractivity contribution in [3.05, 3.63) is 109 Å². The number of phosphoric ester groups is 2. The molecule has 17 nitrogen and oxygen atoms in total. The van der Waals surface area contributed by atoms with E-state index in [1.165, 1.54) is 122 Å². The average molecular weight is 1620 g/mol. The van der Waals surface area contributed by atoms with Crippen LogP contribution in [0.15, 0.2) is 109 Å². The summed E-state index contributed by atoms with van der Waals surface area (Å²) in [5, 5.41) is 10.7. The highest BCUT2D eigenvalue weighted by Gasteiger charge is 2.30. The lowest BCUT2D eigenvalue weighted by molar-refractivity contribution is -0.161. The molecule has 5 atom stereocenters. The van der Waals surface area contributed by atoms with E-state index in [0.29, 0.717) is 25.7 Å². The molecular formula is C93H164O17P2. The number of unbranched alkanes of at least 4 members (excludes halogenated alkanes) is 41. The zero-order valence-electron chi connectivity index (χ0n) is 71.3. The molecule has 0 bridgehead atoms. The number of allylic oxidation sites excluding steroid dienone is 18. The Balaban J connectivity index is 5.40. The van der Waals surface area contributed by atoms with Crippen LogP contribution >= 0.6 is 15.6 Å². The topological polar surface area (TPSA) is 237 Å². The molecule has 0 aliphatic heterocycles. The van der Waals surface area contributed by atoms with Crippen LogP contribution in [0.1, 0.15) is 400 Å². The van der Waals surface area contributed by atoms with Gasteiger partial charge in [0.05, 0.1) is 26.4 Å². The van der Waals surface area contributed by atoms with Crippen LogP contribution in [0.2, 0.25) is 0 Å². The highest BCUT2D eigenvalue weighted by Crippen LogP contribution is 2.45. The number of hydrogen-bond acceptors (Lipinski definition) is 15. The van der Waals surface area contributed by atoms with Gasteiger partial charge >= 0.3 is 39.5 Å². The van der Waals surface area contributed by atoms with Crippen molar-refractivity contribution in [1.29, 1.82) is 0 Å². The maximum Gasteiger partial charge on any atom is 0.472 e. The zero-order chi connectivity index (χ0) is 81.7. The smallest absolute Gasteiger partial charge is 0.462 e. The van der Waals surface area contributed by atoms with E-state index in [-0.39, 0.29) is 25.7 Å². The van der Waals surface area contributed by atoms with E-state index in [1.54, 1.807) is 0 Å². The van der Waals surface area contributed by atoms with Crippen molar-refractivity contribution in [2.24, 2.45) is 0 Å². The molecule has 0 aromatic carbocycles. The van der Waals surface area contributed by atoms with E-state index < -0.39 is 97.5 Å². The lowest BCUT2D eigenvalue weighted by atomic mass is 10.0. The first-order valence-electron chi connectivity index (χ1n) is 45.1. The molecule has 3 N–H and O–H groups in total. The average Bonchev–Trinajstić information content (AvgIpc) is 0.898. The van der Waals surface area contributed by atoms with Gasteiger partial charge in [0.15, 0.2) is 12.2 Å². The fourth-order valence-electron chi connectivity index (χ4n) is 12.3. The second kappa shape index (κ2) is 84.6. The van der Waals surface area contributed by atoms with Gasteiger partial charge < -0.3 is 33.8 Å². The number of aliphatic hydroxyl groups is 1. The molecule has 0 saturated heterocycles. The summed E-state index contributed by atoms with van der Waals surface area (Å²) in [5.41, 5.74) is 0. The first-order valence-corrected chi connectivity index (χ1v) is 48.1. The maximum absolute atomic E-state index is 13.2. The molecule has 0 amide bonds. The lowest BCUT2D eigenvalue weighted by Gasteiger charge is -2.21.